The van der Waals surface area contributed by atoms with E-state index in [9.17, 15) is 0 Å². The summed E-state index contributed by atoms with van der Waals surface area (Å²) in [7, 11) is 0. The zero-order valence-corrected chi connectivity index (χ0v) is 28.5. The largest absolute Gasteiger partial charge is 0.310 e. The zero-order valence-electron chi connectivity index (χ0n) is 26.9. The monoisotopic (exact) mass is 672 g/mol. The van der Waals surface area contributed by atoms with Crippen LogP contribution in [-0.4, -0.2) is 4.57 Å². The fraction of sp³-hybridized carbons (Fsp3) is 0. The fourth-order valence-electron chi connectivity index (χ4n) is 7.85. The molecule has 0 N–H and O–H groups in total. The lowest BCUT2D eigenvalue weighted by molar-refractivity contribution is 1.18. The highest BCUT2D eigenvalue weighted by molar-refractivity contribution is 7.26. The molecule has 50 heavy (non-hydrogen) atoms. The van der Waals surface area contributed by atoms with Crippen molar-refractivity contribution in [2.45, 2.75) is 0 Å². The summed E-state index contributed by atoms with van der Waals surface area (Å²) < 4.78 is 7.67. The number of para-hydroxylation sites is 2. The smallest absolute Gasteiger partial charge is 0.0542 e. The summed E-state index contributed by atoms with van der Waals surface area (Å²) in [5.41, 5.74) is 7.00. The van der Waals surface area contributed by atoms with E-state index in [4.69, 9.17) is 0 Å². The first-order chi connectivity index (χ1) is 24.8. The molecule has 0 unspecified atom stereocenters. The lowest BCUT2D eigenvalue weighted by Crippen LogP contribution is -2.10. The van der Waals surface area contributed by atoms with E-state index in [0.717, 1.165) is 17.1 Å². The number of benzene rings is 8. The van der Waals surface area contributed by atoms with Crippen LogP contribution in [0.3, 0.4) is 0 Å². The average Bonchev–Trinajstić information content (AvgIpc) is 3.83. The van der Waals surface area contributed by atoms with E-state index >= 15 is 0 Å². The molecule has 0 saturated heterocycles. The molecule has 0 atom stereocenters. The van der Waals surface area contributed by atoms with E-state index in [1.807, 2.05) is 22.7 Å². The van der Waals surface area contributed by atoms with Crippen LogP contribution in [0.5, 0.6) is 0 Å². The van der Waals surface area contributed by atoms with Gasteiger partial charge in [0.05, 0.1) is 11.0 Å². The van der Waals surface area contributed by atoms with Crippen molar-refractivity contribution in [3.8, 4) is 5.69 Å². The number of rotatable bonds is 4. The number of hydrogen-bond acceptors (Lipinski definition) is 3. The Labute approximate surface area is 296 Å². The predicted octanol–water partition coefficient (Wildman–Crippen LogP) is 14.1. The van der Waals surface area contributed by atoms with Crippen LogP contribution in [0.25, 0.3) is 78.6 Å². The number of fused-ring (bicyclic) bond motifs is 10. The molecule has 11 rings (SSSR count). The summed E-state index contributed by atoms with van der Waals surface area (Å²) in [6, 6.07) is 62.6. The van der Waals surface area contributed by atoms with Gasteiger partial charge in [0.25, 0.3) is 0 Å². The minimum Gasteiger partial charge on any atom is -0.310 e. The molecule has 234 valence electrons. The molecular formula is C46H28N2S2. The van der Waals surface area contributed by atoms with E-state index in [-0.39, 0.29) is 0 Å². The number of nitrogens with zero attached hydrogens (tertiary/aromatic N) is 2. The second-order valence-electron chi connectivity index (χ2n) is 13.0. The third kappa shape index (κ3) is 4.19. The Morgan fingerprint density at radius 2 is 0.900 bits per heavy atom. The Kier molecular flexibility index (Phi) is 6.03. The number of thiophene rings is 2. The molecule has 0 radical (unpaired) electrons. The second-order valence-corrected chi connectivity index (χ2v) is 15.1. The minimum absolute atomic E-state index is 1.13. The molecule has 0 aliphatic heterocycles. The Bertz CT molecular complexity index is 3110. The molecule has 11 aromatic rings. The van der Waals surface area contributed by atoms with Crippen molar-refractivity contribution in [3.05, 3.63) is 170 Å². The van der Waals surface area contributed by atoms with E-state index in [2.05, 4.69) is 179 Å². The molecule has 0 saturated carbocycles. The van der Waals surface area contributed by atoms with Gasteiger partial charge in [0.2, 0.25) is 0 Å². The lowest BCUT2D eigenvalue weighted by Gasteiger charge is -2.26. The van der Waals surface area contributed by atoms with Crippen molar-refractivity contribution in [2.24, 2.45) is 0 Å². The number of hydrogen-bond donors (Lipinski definition) is 0. The molecule has 3 aromatic heterocycles. The van der Waals surface area contributed by atoms with Crippen LogP contribution in [0.4, 0.5) is 17.1 Å². The van der Waals surface area contributed by atoms with Gasteiger partial charge in [-0.3, -0.25) is 0 Å². The van der Waals surface area contributed by atoms with Gasteiger partial charge >= 0.3 is 0 Å². The third-order valence-corrected chi connectivity index (χ3v) is 12.4. The number of anilines is 3. The maximum absolute atomic E-state index is 2.44. The van der Waals surface area contributed by atoms with Crippen molar-refractivity contribution in [3.63, 3.8) is 0 Å². The standard InChI is InChI=1S/C46H28N2S2/c1-2-10-31(11-3-1)48-41-15-7-4-12-35(41)38-27-33(20-22-42(38)48)47(34-21-23-45-40(28-34)37-14-6-8-16-43(37)49-45)32-19-18-29-26-46-39(25-30(29)24-32)36-13-5-9-17-44(36)50-46/h1-28H. The van der Waals surface area contributed by atoms with Crippen LogP contribution in [0, 0.1) is 0 Å². The van der Waals surface area contributed by atoms with Gasteiger partial charge in [-0.05, 0) is 102 Å². The maximum Gasteiger partial charge on any atom is 0.0542 e. The molecular weight excluding hydrogens is 645 g/mol. The highest BCUT2D eigenvalue weighted by Crippen LogP contribution is 2.44. The topological polar surface area (TPSA) is 8.17 Å². The summed E-state index contributed by atoms with van der Waals surface area (Å²) in [6.07, 6.45) is 0. The molecule has 4 heteroatoms. The van der Waals surface area contributed by atoms with Gasteiger partial charge in [-0.15, -0.1) is 22.7 Å². The Hall–Kier alpha value is -5.94. The van der Waals surface area contributed by atoms with Crippen LogP contribution in [0.1, 0.15) is 0 Å². The van der Waals surface area contributed by atoms with Gasteiger partial charge in [0.15, 0.2) is 0 Å². The highest BCUT2D eigenvalue weighted by Gasteiger charge is 2.19. The summed E-state index contributed by atoms with van der Waals surface area (Å²) in [5.74, 6) is 0. The Morgan fingerprint density at radius 1 is 0.340 bits per heavy atom. The predicted molar refractivity (Wildman–Crippen MR) is 219 cm³/mol. The Balaban J connectivity index is 1.17. The SMILES string of the molecule is c1ccc(-n2c3ccccc3c3cc(N(c4ccc5cc6sc7ccccc7c6cc5c4)c4ccc5sc6ccccc6c5c4)ccc32)cc1. The quantitative estimate of drug-likeness (QED) is 0.181. The molecule has 0 bridgehead atoms. The highest BCUT2D eigenvalue weighted by atomic mass is 32.1. The first-order valence-electron chi connectivity index (χ1n) is 16.9. The van der Waals surface area contributed by atoms with E-state index in [1.54, 1.807) is 0 Å². The fourth-order valence-corrected chi connectivity index (χ4v) is 10.1. The molecule has 0 spiro atoms. The van der Waals surface area contributed by atoms with Crippen LogP contribution in [0.2, 0.25) is 0 Å². The average molecular weight is 673 g/mol. The van der Waals surface area contributed by atoms with Gasteiger partial charge in [-0.1, -0.05) is 78.9 Å². The summed E-state index contributed by atoms with van der Waals surface area (Å²) in [5, 5.41) is 10.2. The van der Waals surface area contributed by atoms with E-state index in [0.29, 0.717) is 0 Å². The van der Waals surface area contributed by atoms with Crippen molar-refractivity contribution < 1.29 is 0 Å². The van der Waals surface area contributed by atoms with E-state index < -0.39 is 0 Å². The molecule has 0 fully saturated rings. The lowest BCUT2D eigenvalue weighted by atomic mass is 10.0. The van der Waals surface area contributed by atoms with Crippen molar-refractivity contribution >= 4 is 113 Å². The molecule has 0 aliphatic carbocycles. The van der Waals surface area contributed by atoms with Gasteiger partial charge in [0, 0.05) is 73.9 Å². The first kappa shape index (κ1) is 28.0. The minimum atomic E-state index is 1.13. The van der Waals surface area contributed by atoms with E-state index in [1.165, 1.54) is 78.6 Å². The first-order valence-corrected chi connectivity index (χ1v) is 18.6. The van der Waals surface area contributed by atoms with Gasteiger partial charge in [-0.2, -0.15) is 0 Å². The number of aromatic nitrogens is 1. The van der Waals surface area contributed by atoms with Crippen molar-refractivity contribution in [1.82, 2.24) is 4.57 Å². The molecule has 8 aromatic carbocycles. The maximum atomic E-state index is 2.44. The summed E-state index contributed by atoms with van der Waals surface area (Å²) >= 11 is 3.74. The zero-order chi connectivity index (χ0) is 32.8. The van der Waals surface area contributed by atoms with Crippen molar-refractivity contribution in [1.29, 1.82) is 0 Å². The molecule has 2 nitrogen and oxygen atoms in total. The third-order valence-electron chi connectivity index (χ3n) is 10.1. The van der Waals surface area contributed by atoms with Crippen molar-refractivity contribution in [2.75, 3.05) is 4.90 Å². The van der Waals surface area contributed by atoms with Crippen LogP contribution in [0.15, 0.2) is 170 Å². The normalized spacial score (nSPS) is 12.0. The molecule has 0 amide bonds. The van der Waals surface area contributed by atoms with Gasteiger partial charge < -0.3 is 9.47 Å². The van der Waals surface area contributed by atoms with Crippen LogP contribution in [-0.2, 0) is 0 Å². The molecule has 3 heterocycles. The van der Waals surface area contributed by atoms with Gasteiger partial charge in [-0.25, -0.2) is 0 Å². The van der Waals surface area contributed by atoms with Crippen LogP contribution >= 0.6 is 22.7 Å². The van der Waals surface area contributed by atoms with Crippen LogP contribution < -0.4 is 4.90 Å². The molecule has 0 aliphatic rings. The van der Waals surface area contributed by atoms with Gasteiger partial charge in [0.1, 0.15) is 0 Å². The second kappa shape index (κ2) is 10.8. The Morgan fingerprint density at radius 3 is 1.70 bits per heavy atom. The summed E-state index contributed by atoms with van der Waals surface area (Å²) in [4.78, 5) is 2.44. The summed E-state index contributed by atoms with van der Waals surface area (Å²) in [6.45, 7) is 0.